The van der Waals surface area contributed by atoms with Gasteiger partial charge in [-0.3, -0.25) is 4.79 Å². The molecule has 0 saturated carbocycles. The molecule has 0 saturated heterocycles. The second kappa shape index (κ2) is 7.69. The molecule has 118 valence electrons. The molecule has 1 atom stereocenters. The summed E-state index contributed by atoms with van der Waals surface area (Å²) in [4.78, 5) is 12.6. The molecule has 0 radical (unpaired) electrons. The van der Waals surface area contributed by atoms with Crippen molar-refractivity contribution in [2.45, 2.75) is 32.0 Å². The molecule has 21 heavy (non-hydrogen) atoms. The van der Waals surface area contributed by atoms with Crippen molar-refractivity contribution in [3.8, 4) is 11.5 Å². The van der Waals surface area contributed by atoms with E-state index in [0.29, 0.717) is 23.6 Å². The third-order valence-corrected chi connectivity index (χ3v) is 3.62. The molecule has 0 aromatic heterocycles. The van der Waals surface area contributed by atoms with Gasteiger partial charge >= 0.3 is 0 Å². The van der Waals surface area contributed by atoms with Crippen LogP contribution in [0.3, 0.4) is 0 Å². The van der Waals surface area contributed by atoms with Gasteiger partial charge in [0.15, 0.2) is 0 Å². The summed E-state index contributed by atoms with van der Waals surface area (Å²) in [6.07, 6.45) is 0.969. The maximum Gasteiger partial charge on any atom is 0.258 e. The highest BCUT2D eigenvalue weighted by molar-refractivity contribution is 9.09. The Morgan fingerprint density at radius 2 is 1.76 bits per heavy atom. The number of alkyl halides is 1. The number of ether oxygens (including phenoxy) is 2. The highest BCUT2D eigenvalue weighted by Gasteiger charge is 2.20. The number of carbonyl (C=O) groups is 1. The van der Waals surface area contributed by atoms with Crippen molar-refractivity contribution < 1.29 is 14.3 Å². The Balaban J connectivity index is 2.76. The maximum atomic E-state index is 12.4. The SMILES string of the molecule is COc1cccc(OC)c1C(=O)NCC(Br)CC(C)(C)C. The van der Waals surface area contributed by atoms with Gasteiger partial charge in [0.2, 0.25) is 0 Å². The van der Waals surface area contributed by atoms with Crippen LogP contribution in [0.1, 0.15) is 37.6 Å². The van der Waals surface area contributed by atoms with Gasteiger partial charge in [-0.1, -0.05) is 42.8 Å². The molecule has 0 heterocycles. The van der Waals surface area contributed by atoms with Crippen molar-refractivity contribution in [3.05, 3.63) is 23.8 Å². The lowest BCUT2D eigenvalue weighted by Crippen LogP contribution is -2.31. The molecule has 1 unspecified atom stereocenters. The molecule has 4 nitrogen and oxygen atoms in total. The highest BCUT2D eigenvalue weighted by Crippen LogP contribution is 2.28. The zero-order valence-corrected chi connectivity index (χ0v) is 14.9. The number of nitrogens with one attached hydrogen (secondary N) is 1. The van der Waals surface area contributed by atoms with Crippen LogP contribution in [0, 0.1) is 5.41 Å². The lowest BCUT2D eigenvalue weighted by atomic mass is 9.90. The van der Waals surface area contributed by atoms with Crippen LogP contribution >= 0.6 is 15.9 Å². The highest BCUT2D eigenvalue weighted by atomic mass is 79.9. The molecule has 5 heteroatoms. The van der Waals surface area contributed by atoms with E-state index < -0.39 is 0 Å². The number of carbonyl (C=O) groups excluding carboxylic acids is 1. The summed E-state index contributed by atoms with van der Waals surface area (Å²) in [7, 11) is 3.08. The first-order valence-corrected chi connectivity index (χ1v) is 7.83. The van der Waals surface area contributed by atoms with Gasteiger partial charge in [-0.05, 0) is 24.0 Å². The zero-order valence-electron chi connectivity index (χ0n) is 13.3. The Labute approximate surface area is 135 Å². The van der Waals surface area contributed by atoms with Crippen molar-refractivity contribution >= 4 is 21.8 Å². The molecule has 1 amide bonds. The van der Waals surface area contributed by atoms with Crippen LogP contribution in [0.25, 0.3) is 0 Å². The van der Waals surface area contributed by atoms with E-state index >= 15 is 0 Å². The van der Waals surface area contributed by atoms with Crippen LogP contribution in [-0.2, 0) is 0 Å². The molecule has 1 rings (SSSR count). The van der Waals surface area contributed by atoms with Crippen LogP contribution < -0.4 is 14.8 Å². The van der Waals surface area contributed by atoms with Crippen LogP contribution in [0.15, 0.2) is 18.2 Å². The molecular formula is C16H24BrNO3. The van der Waals surface area contributed by atoms with Gasteiger partial charge in [0.25, 0.3) is 5.91 Å². The van der Waals surface area contributed by atoms with Crippen LogP contribution in [-0.4, -0.2) is 31.5 Å². The molecule has 0 aliphatic rings. The third-order valence-electron chi connectivity index (χ3n) is 2.97. The molecule has 1 aromatic rings. The second-order valence-corrected chi connectivity index (χ2v) is 7.40. The van der Waals surface area contributed by atoms with Crippen molar-refractivity contribution in [1.82, 2.24) is 5.32 Å². The second-order valence-electron chi connectivity index (χ2n) is 6.11. The molecule has 1 N–H and O–H groups in total. The largest absolute Gasteiger partial charge is 0.496 e. The molecule has 0 spiro atoms. The summed E-state index contributed by atoms with van der Waals surface area (Å²) in [5.41, 5.74) is 0.638. The number of methoxy groups -OCH3 is 2. The molecule has 0 bridgehead atoms. The number of benzene rings is 1. The summed E-state index contributed by atoms with van der Waals surface area (Å²) >= 11 is 3.61. The Morgan fingerprint density at radius 3 is 2.19 bits per heavy atom. The Kier molecular flexibility index (Phi) is 6.52. The molecular weight excluding hydrogens is 334 g/mol. The van der Waals surface area contributed by atoms with Crippen molar-refractivity contribution in [2.24, 2.45) is 5.41 Å². The first-order chi connectivity index (χ1) is 9.78. The van der Waals surface area contributed by atoms with Gasteiger partial charge < -0.3 is 14.8 Å². The Hall–Kier alpha value is -1.23. The minimum absolute atomic E-state index is 0.192. The lowest BCUT2D eigenvalue weighted by Gasteiger charge is -2.22. The molecule has 0 aliphatic carbocycles. The van der Waals surface area contributed by atoms with E-state index in [0.717, 1.165) is 6.42 Å². The summed E-state index contributed by atoms with van der Waals surface area (Å²) < 4.78 is 10.5. The number of halogens is 1. The summed E-state index contributed by atoms with van der Waals surface area (Å²) in [6, 6.07) is 5.29. The van der Waals surface area contributed by atoms with Crippen LogP contribution in [0.2, 0.25) is 0 Å². The quantitative estimate of drug-likeness (QED) is 0.790. The monoisotopic (exact) mass is 357 g/mol. The van der Waals surface area contributed by atoms with E-state index in [1.807, 2.05) is 0 Å². The fraction of sp³-hybridized carbons (Fsp3) is 0.562. The van der Waals surface area contributed by atoms with Gasteiger partial charge in [-0.25, -0.2) is 0 Å². The first kappa shape index (κ1) is 17.8. The van der Waals surface area contributed by atoms with E-state index in [1.54, 1.807) is 32.4 Å². The maximum absolute atomic E-state index is 12.4. The van der Waals surface area contributed by atoms with Crippen LogP contribution in [0.5, 0.6) is 11.5 Å². The average Bonchev–Trinajstić information content (AvgIpc) is 2.41. The summed E-state index contributed by atoms with van der Waals surface area (Å²) in [6.45, 7) is 7.07. The summed E-state index contributed by atoms with van der Waals surface area (Å²) in [5.74, 6) is 0.824. The van der Waals surface area contributed by atoms with Gasteiger partial charge in [0.1, 0.15) is 17.1 Å². The molecule has 0 aliphatic heterocycles. The smallest absolute Gasteiger partial charge is 0.258 e. The fourth-order valence-corrected chi connectivity index (χ4v) is 3.24. The third kappa shape index (κ3) is 5.58. The Morgan fingerprint density at radius 1 is 1.24 bits per heavy atom. The van der Waals surface area contributed by atoms with E-state index in [4.69, 9.17) is 9.47 Å². The van der Waals surface area contributed by atoms with Gasteiger partial charge in [0, 0.05) is 11.4 Å². The number of hydrogen-bond acceptors (Lipinski definition) is 3. The minimum Gasteiger partial charge on any atom is -0.496 e. The van der Waals surface area contributed by atoms with E-state index in [-0.39, 0.29) is 16.1 Å². The van der Waals surface area contributed by atoms with Crippen LogP contribution in [0.4, 0.5) is 0 Å². The predicted octanol–water partition coefficient (Wildman–Crippen LogP) is 3.63. The normalized spacial score (nSPS) is 12.7. The number of hydrogen-bond donors (Lipinski definition) is 1. The van der Waals surface area contributed by atoms with Gasteiger partial charge in [0.05, 0.1) is 14.2 Å². The van der Waals surface area contributed by atoms with Gasteiger partial charge in [-0.15, -0.1) is 0 Å². The number of amides is 1. The van der Waals surface area contributed by atoms with Crippen molar-refractivity contribution in [2.75, 3.05) is 20.8 Å². The zero-order chi connectivity index (χ0) is 16.0. The van der Waals surface area contributed by atoms with E-state index in [2.05, 4.69) is 42.0 Å². The molecule has 0 fully saturated rings. The number of rotatable bonds is 6. The van der Waals surface area contributed by atoms with Crippen molar-refractivity contribution in [1.29, 1.82) is 0 Å². The first-order valence-electron chi connectivity index (χ1n) is 6.91. The lowest BCUT2D eigenvalue weighted by molar-refractivity contribution is 0.0946. The predicted molar refractivity (Wildman–Crippen MR) is 88.7 cm³/mol. The van der Waals surface area contributed by atoms with E-state index in [1.165, 1.54) is 0 Å². The fourth-order valence-electron chi connectivity index (χ4n) is 2.10. The van der Waals surface area contributed by atoms with E-state index in [9.17, 15) is 4.79 Å². The van der Waals surface area contributed by atoms with Gasteiger partial charge in [-0.2, -0.15) is 0 Å². The van der Waals surface area contributed by atoms with Crippen molar-refractivity contribution in [3.63, 3.8) is 0 Å². The summed E-state index contributed by atoms with van der Waals surface area (Å²) in [5, 5.41) is 2.92. The Bertz CT molecular complexity index is 461. The minimum atomic E-state index is -0.192. The standard InChI is InChI=1S/C16H24BrNO3/c1-16(2,3)9-11(17)10-18-15(19)14-12(20-4)7-6-8-13(14)21-5/h6-8,11H,9-10H2,1-5H3,(H,18,19). The average molecular weight is 358 g/mol. The topological polar surface area (TPSA) is 47.6 Å². The molecule has 1 aromatic carbocycles.